The summed E-state index contributed by atoms with van der Waals surface area (Å²) in [7, 11) is 3.85. The van der Waals surface area contributed by atoms with Gasteiger partial charge in [-0.25, -0.2) is 0 Å². The van der Waals surface area contributed by atoms with Crippen LogP contribution < -0.4 is 0 Å². The first kappa shape index (κ1) is 45.8. The maximum Gasteiger partial charge on any atom is 0.307 e. The Hall–Kier alpha value is -2.16. The number of amides is 1. The standard InChI is InChI=1S/C39H74N2O7/c1-5-7-9-11-13-15-17-19-21-23-25-28-37(43)46-33-32-41(36(42)34-47-38(44)30-27-31-40(3)4)35-48-39(45)29-26-24-22-20-18-16-14-12-10-8-6-2/h5-35H2,1-4H3. The zero-order chi connectivity index (χ0) is 35.5. The maximum absolute atomic E-state index is 12.9. The van der Waals surface area contributed by atoms with Crippen LogP contribution in [-0.4, -0.2) is 80.7 Å². The van der Waals surface area contributed by atoms with Gasteiger partial charge in [0.15, 0.2) is 13.3 Å². The van der Waals surface area contributed by atoms with Crippen LogP contribution in [-0.2, 0) is 33.4 Å². The number of carbonyl (C=O) groups excluding carboxylic acids is 4. The smallest absolute Gasteiger partial charge is 0.307 e. The molecule has 1 amide bonds. The molecular weight excluding hydrogens is 608 g/mol. The van der Waals surface area contributed by atoms with Crippen LogP contribution in [0.3, 0.4) is 0 Å². The van der Waals surface area contributed by atoms with Gasteiger partial charge >= 0.3 is 17.9 Å². The Morgan fingerprint density at radius 2 is 0.812 bits per heavy atom. The lowest BCUT2D eigenvalue weighted by molar-refractivity contribution is -0.161. The summed E-state index contributed by atoms with van der Waals surface area (Å²) in [6.07, 6.45) is 28.0. The summed E-state index contributed by atoms with van der Waals surface area (Å²) in [6.45, 7) is 4.58. The number of hydrogen-bond acceptors (Lipinski definition) is 8. The van der Waals surface area contributed by atoms with Crippen molar-refractivity contribution in [3.8, 4) is 0 Å². The zero-order valence-electron chi connectivity index (χ0n) is 31.7. The van der Waals surface area contributed by atoms with E-state index in [2.05, 4.69) is 13.8 Å². The van der Waals surface area contributed by atoms with E-state index in [1.807, 2.05) is 19.0 Å². The molecule has 0 spiro atoms. The van der Waals surface area contributed by atoms with Crippen molar-refractivity contribution in [2.75, 3.05) is 47.1 Å². The summed E-state index contributed by atoms with van der Waals surface area (Å²) < 4.78 is 15.9. The number of hydrogen-bond donors (Lipinski definition) is 0. The zero-order valence-corrected chi connectivity index (χ0v) is 31.7. The average Bonchev–Trinajstić information content (AvgIpc) is 3.06. The van der Waals surface area contributed by atoms with Gasteiger partial charge in [0.05, 0.1) is 6.54 Å². The number of ether oxygens (including phenoxy) is 3. The van der Waals surface area contributed by atoms with Gasteiger partial charge in [-0.1, -0.05) is 142 Å². The lowest BCUT2D eigenvalue weighted by Crippen LogP contribution is -2.39. The van der Waals surface area contributed by atoms with Crippen LogP contribution in [0.15, 0.2) is 0 Å². The highest BCUT2D eigenvalue weighted by Gasteiger charge is 2.18. The molecule has 282 valence electrons. The number of nitrogens with zero attached hydrogens (tertiary/aromatic N) is 2. The van der Waals surface area contributed by atoms with Gasteiger partial charge in [0, 0.05) is 19.3 Å². The topological polar surface area (TPSA) is 102 Å². The third-order valence-corrected chi connectivity index (χ3v) is 8.67. The molecule has 0 aliphatic heterocycles. The second-order valence-corrected chi connectivity index (χ2v) is 13.7. The van der Waals surface area contributed by atoms with E-state index in [9.17, 15) is 19.2 Å². The molecule has 0 aromatic carbocycles. The lowest BCUT2D eigenvalue weighted by atomic mass is 10.1. The fourth-order valence-electron chi connectivity index (χ4n) is 5.54. The third kappa shape index (κ3) is 32.4. The van der Waals surface area contributed by atoms with Crippen LogP contribution in [0.25, 0.3) is 0 Å². The van der Waals surface area contributed by atoms with E-state index in [-0.39, 0.29) is 38.2 Å². The van der Waals surface area contributed by atoms with E-state index in [0.29, 0.717) is 19.3 Å². The molecule has 0 aromatic rings. The fourth-order valence-corrected chi connectivity index (χ4v) is 5.54. The molecule has 0 atom stereocenters. The molecule has 9 nitrogen and oxygen atoms in total. The lowest BCUT2D eigenvalue weighted by Gasteiger charge is -2.22. The molecule has 0 heterocycles. The number of esters is 3. The van der Waals surface area contributed by atoms with Crippen LogP contribution in [0.1, 0.15) is 181 Å². The SMILES string of the molecule is CCCCCCCCCCCCCC(=O)OCCN(COC(=O)CCCCCCCCCCCCC)C(=O)COC(=O)CCCN(C)C. The van der Waals surface area contributed by atoms with E-state index >= 15 is 0 Å². The fraction of sp³-hybridized carbons (Fsp3) is 0.897. The normalized spacial score (nSPS) is 11.1. The van der Waals surface area contributed by atoms with Crippen molar-refractivity contribution < 1.29 is 33.4 Å². The maximum atomic E-state index is 12.9. The van der Waals surface area contributed by atoms with Gasteiger partial charge in [-0.05, 0) is 39.9 Å². The summed E-state index contributed by atoms with van der Waals surface area (Å²) in [6, 6.07) is 0. The second kappa shape index (κ2) is 34.7. The van der Waals surface area contributed by atoms with E-state index in [4.69, 9.17) is 14.2 Å². The van der Waals surface area contributed by atoms with Crippen LogP contribution >= 0.6 is 0 Å². The summed E-state index contributed by atoms with van der Waals surface area (Å²) in [5, 5.41) is 0. The van der Waals surface area contributed by atoms with Crippen LogP contribution in [0.2, 0.25) is 0 Å². The second-order valence-electron chi connectivity index (χ2n) is 13.7. The molecule has 0 N–H and O–H groups in total. The van der Waals surface area contributed by atoms with Gasteiger partial charge in [0.25, 0.3) is 5.91 Å². The van der Waals surface area contributed by atoms with E-state index < -0.39 is 18.5 Å². The molecule has 0 aromatic heterocycles. The molecule has 0 unspecified atom stereocenters. The summed E-state index contributed by atoms with van der Waals surface area (Å²) in [4.78, 5) is 52.9. The van der Waals surface area contributed by atoms with Gasteiger partial charge in [0.1, 0.15) is 6.61 Å². The Kier molecular flexibility index (Phi) is 33.1. The molecule has 0 aliphatic rings. The molecule has 0 saturated carbocycles. The van der Waals surface area contributed by atoms with Crippen molar-refractivity contribution in [3.63, 3.8) is 0 Å². The molecule has 0 aliphatic carbocycles. The molecule has 48 heavy (non-hydrogen) atoms. The largest absolute Gasteiger partial charge is 0.464 e. The molecule has 0 fully saturated rings. The predicted octanol–water partition coefficient (Wildman–Crippen LogP) is 9.15. The Balaban J connectivity index is 4.37. The van der Waals surface area contributed by atoms with Crippen molar-refractivity contribution in [1.82, 2.24) is 9.80 Å². The third-order valence-electron chi connectivity index (χ3n) is 8.67. The van der Waals surface area contributed by atoms with E-state index in [1.165, 1.54) is 108 Å². The first-order valence-electron chi connectivity index (χ1n) is 19.7. The van der Waals surface area contributed by atoms with Gasteiger partial charge in [-0.15, -0.1) is 0 Å². The van der Waals surface area contributed by atoms with Crippen molar-refractivity contribution in [2.24, 2.45) is 0 Å². The molecule has 0 radical (unpaired) electrons. The van der Waals surface area contributed by atoms with Crippen molar-refractivity contribution in [2.45, 2.75) is 181 Å². The van der Waals surface area contributed by atoms with E-state index in [1.54, 1.807) is 0 Å². The Bertz CT molecular complexity index is 790. The average molecular weight is 683 g/mol. The minimum absolute atomic E-state index is 0.00442. The first-order chi connectivity index (χ1) is 23.3. The van der Waals surface area contributed by atoms with Crippen molar-refractivity contribution in [1.29, 1.82) is 0 Å². The summed E-state index contributed by atoms with van der Waals surface area (Å²) in [5.41, 5.74) is 0. The van der Waals surface area contributed by atoms with Crippen LogP contribution in [0.5, 0.6) is 0 Å². The molecule has 0 rings (SSSR count). The summed E-state index contributed by atoms with van der Waals surface area (Å²) in [5.74, 6) is -1.59. The minimum Gasteiger partial charge on any atom is -0.464 e. The Morgan fingerprint density at radius 1 is 0.438 bits per heavy atom. The van der Waals surface area contributed by atoms with E-state index in [0.717, 1.165) is 45.1 Å². The minimum atomic E-state index is -0.486. The van der Waals surface area contributed by atoms with Gasteiger partial charge in [-0.3, -0.25) is 19.2 Å². The Labute approximate surface area is 294 Å². The molecule has 0 saturated heterocycles. The first-order valence-corrected chi connectivity index (χ1v) is 19.7. The highest BCUT2D eigenvalue weighted by Crippen LogP contribution is 2.13. The molecular formula is C39H74N2O7. The Morgan fingerprint density at radius 3 is 1.25 bits per heavy atom. The van der Waals surface area contributed by atoms with Crippen molar-refractivity contribution >= 4 is 23.8 Å². The van der Waals surface area contributed by atoms with Crippen molar-refractivity contribution in [3.05, 3.63) is 0 Å². The molecule has 9 heteroatoms. The number of carbonyl (C=O) groups is 4. The molecule has 0 bridgehead atoms. The van der Waals surface area contributed by atoms with Crippen LogP contribution in [0, 0.1) is 0 Å². The van der Waals surface area contributed by atoms with Gasteiger partial charge in [0.2, 0.25) is 0 Å². The van der Waals surface area contributed by atoms with Gasteiger partial charge in [-0.2, -0.15) is 0 Å². The van der Waals surface area contributed by atoms with Gasteiger partial charge < -0.3 is 24.0 Å². The number of rotatable bonds is 35. The highest BCUT2D eigenvalue weighted by molar-refractivity contribution is 5.81. The highest BCUT2D eigenvalue weighted by atomic mass is 16.6. The monoisotopic (exact) mass is 683 g/mol. The predicted molar refractivity (Wildman–Crippen MR) is 195 cm³/mol. The quantitative estimate of drug-likeness (QED) is 0.0282. The number of unbranched alkanes of at least 4 members (excludes halogenated alkanes) is 20. The summed E-state index contributed by atoms with van der Waals surface area (Å²) >= 11 is 0. The van der Waals surface area contributed by atoms with Crippen LogP contribution in [0.4, 0.5) is 0 Å².